The number of H-pyrrole nitrogens is 1. The molecule has 0 radical (unpaired) electrons. The minimum atomic E-state index is -0.669. The van der Waals surface area contributed by atoms with Crippen molar-refractivity contribution in [2.45, 2.75) is 25.2 Å². The Kier molecular flexibility index (Phi) is 4.11. The lowest BCUT2D eigenvalue weighted by molar-refractivity contribution is -0.143. The van der Waals surface area contributed by atoms with Crippen molar-refractivity contribution < 1.29 is 19.1 Å². The number of nitrogens with one attached hydrogen (secondary N) is 1. The van der Waals surface area contributed by atoms with Crippen LogP contribution in [-0.4, -0.2) is 77.1 Å². The van der Waals surface area contributed by atoms with E-state index in [1.165, 1.54) is 0 Å². The Morgan fingerprint density at radius 2 is 2.38 bits per heavy atom. The van der Waals surface area contributed by atoms with Crippen LogP contribution in [0.3, 0.4) is 0 Å². The number of carbonyl (C=O) groups excluding carboxylic acids is 2. The molecule has 26 heavy (non-hydrogen) atoms. The van der Waals surface area contributed by atoms with Gasteiger partial charge in [-0.25, -0.2) is 4.98 Å². The van der Waals surface area contributed by atoms with Gasteiger partial charge >= 0.3 is 0 Å². The lowest BCUT2D eigenvalue weighted by Gasteiger charge is -2.27. The number of aromatic amines is 1. The van der Waals surface area contributed by atoms with Gasteiger partial charge in [-0.15, -0.1) is 0 Å². The Hall–Kier alpha value is -2.19. The number of fused-ring (bicyclic) bond motifs is 1. The first kappa shape index (κ1) is 17.2. The quantitative estimate of drug-likeness (QED) is 0.728. The van der Waals surface area contributed by atoms with Gasteiger partial charge in [-0.05, 0) is 6.92 Å². The maximum absolute atomic E-state index is 13.1. The normalized spacial score (nSPS) is 31.7. The minimum Gasteiger partial charge on any atom is -0.383 e. The number of ether oxygens (including phenoxy) is 2. The summed E-state index contributed by atoms with van der Waals surface area (Å²) in [5.74, 6) is -0.312. The van der Waals surface area contributed by atoms with E-state index in [0.29, 0.717) is 26.2 Å². The first-order valence-electron chi connectivity index (χ1n) is 8.85. The first-order valence-corrected chi connectivity index (χ1v) is 8.85. The average Bonchev–Trinajstić information content (AvgIpc) is 3.34. The fourth-order valence-electron chi connectivity index (χ4n) is 4.36. The zero-order valence-corrected chi connectivity index (χ0v) is 15.3. The summed E-state index contributed by atoms with van der Waals surface area (Å²) in [7, 11) is 3.35. The van der Waals surface area contributed by atoms with Crippen molar-refractivity contribution in [1.82, 2.24) is 19.8 Å². The summed E-state index contributed by atoms with van der Waals surface area (Å²) >= 11 is 0. The Morgan fingerprint density at radius 1 is 1.58 bits per heavy atom. The number of aromatic nitrogens is 2. The minimum absolute atomic E-state index is 0.0190. The highest BCUT2D eigenvalue weighted by atomic mass is 16.5. The number of likely N-dealkylation sites (tertiary alicyclic amines) is 1. The van der Waals surface area contributed by atoms with Crippen molar-refractivity contribution >= 4 is 11.8 Å². The fraction of sp³-hybridized carbons (Fsp3) is 0.611. The first-order chi connectivity index (χ1) is 12.4. The third-order valence-electron chi connectivity index (χ3n) is 5.55. The standard InChI is InChI=1S/C18H24N4O4/c1-11-8-19-13(20-11)9-21(2)16(23)14-12-4-5-18(26-12)10-22(6-7-25-3)17(24)15(14)18/h4-5,8,12,14-15H,6-7,9-10H2,1-3H3,(H,19,20)/t12-,14?,15?,18-/m1/s1. The van der Waals surface area contributed by atoms with Crippen LogP contribution in [-0.2, 0) is 25.6 Å². The molecular formula is C18H24N4O4. The van der Waals surface area contributed by atoms with Gasteiger partial charge in [0.15, 0.2) is 0 Å². The van der Waals surface area contributed by atoms with Crippen LogP contribution in [0, 0.1) is 18.8 Å². The van der Waals surface area contributed by atoms with E-state index in [1.54, 1.807) is 30.2 Å². The van der Waals surface area contributed by atoms with E-state index < -0.39 is 17.4 Å². The monoisotopic (exact) mass is 360 g/mol. The molecule has 4 rings (SSSR count). The largest absolute Gasteiger partial charge is 0.383 e. The highest BCUT2D eigenvalue weighted by Gasteiger charge is 2.66. The van der Waals surface area contributed by atoms with E-state index >= 15 is 0 Å². The van der Waals surface area contributed by atoms with Crippen LogP contribution in [0.2, 0.25) is 0 Å². The van der Waals surface area contributed by atoms with Crippen LogP contribution in [0.4, 0.5) is 0 Å². The van der Waals surface area contributed by atoms with E-state index in [-0.39, 0.29) is 17.9 Å². The van der Waals surface area contributed by atoms with Gasteiger partial charge in [-0.2, -0.15) is 0 Å². The second-order valence-corrected chi connectivity index (χ2v) is 7.36. The molecule has 1 aromatic rings. The van der Waals surface area contributed by atoms with E-state index in [2.05, 4.69) is 9.97 Å². The lowest BCUT2D eigenvalue weighted by Crippen LogP contribution is -2.44. The highest BCUT2D eigenvalue weighted by Crippen LogP contribution is 2.52. The fourth-order valence-corrected chi connectivity index (χ4v) is 4.36. The Morgan fingerprint density at radius 3 is 3.08 bits per heavy atom. The zero-order chi connectivity index (χ0) is 18.5. The molecular weight excluding hydrogens is 336 g/mol. The van der Waals surface area contributed by atoms with Crippen molar-refractivity contribution in [2.75, 3.05) is 33.9 Å². The molecule has 8 nitrogen and oxygen atoms in total. The van der Waals surface area contributed by atoms with Gasteiger partial charge in [0.2, 0.25) is 11.8 Å². The Bertz CT molecular complexity index is 760. The van der Waals surface area contributed by atoms with Gasteiger partial charge in [-0.1, -0.05) is 12.2 Å². The number of hydrogen-bond donors (Lipinski definition) is 1. The number of imidazole rings is 1. The summed E-state index contributed by atoms with van der Waals surface area (Å²) in [6.45, 7) is 3.76. The molecule has 0 aliphatic carbocycles. The number of hydrogen-bond acceptors (Lipinski definition) is 5. The van der Waals surface area contributed by atoms with E-state index in [1.807, 2.05) is 19.1 Å². The SMILES string of the molecule is COCCN1C[C@@]23C=C[C@@H](O2)C(C(=O)N(C)Cc2ncc(C)[nH]2)C3C1=O. The molecule has 1 N–H and O–H groups in total. The summed E-state index contributed by atoms with van der Waals surface area (Å²) in [5, 5.41) is 0. The Labute approximate surface area is 152 Å². The molecule has 2 fully saturated rings. The molecule has 1 aromatic heterocycles. The predicted octanol–water partition coefficient (Wildman–Crippen LogP) is 0.105. The van der Waals surface area contributed by atoms with Crippen molar-refractivity contribution in [1.29, 1.82) is 0 Å². The van der Waals surface area contributed by atoms with Crippen LogP contribution < -0.4 is 0 Å². The molecule has 0 aromatic carbocycles. The molecule has 3 aliphatic rings. The molecule has 2 saturated heterocycles. The van der Waals surface area contributed by atoms with Crippen molar-refractivity contribution in [3.63, 3.8) is 0 Å². The van der Waals surface area contributed by atoms with E-state index in [9.17, 15) is 9.59 Å². The van der Waals surface area contributed by atoms with Gasteiger partial charge in [0.05, 0.1) is 37.6 Å². The van der Waals surface area contributed by atoms with E-state index in [0.717, 1.165) is 11.5 Å². The molecule has 1 spiro atoms. The number of carbonyl (C=O) groups is 2. The number of nitrogens with zero attached hydrogens (tertiary/aromatic N) is 3. The number of amides is 2. The highest BCUT2D eigenvalue weighted by molar-refractivity contribution is 5.92. The van der Waals surface area contributed by atoms with Gasteiger partial charge in [-0.3, -0.25) is 9.59 Å². The van der Waals surface area contributed by atoms with Crippen LogP contribution in [0.5, 0.6) is 0 Å². The third kappa shape index (κ3) is 2.55. The third-order valence-corrected chi connectivity index (χ3v) is 5.55. The topological polar surface area (TPSA) is 87.8 Å². The van der Waals surface area contributed by atoms with Crippen LogP contribution in [0.15, 0.2) is 18.3 Å². The summed E-state index contributed by atoms with van der Waals surface area (Å²) in [5.41, 5.74) is 0.281. The molecule has 2 unspecified atom stereocenters. The molecule has 0 saturated carbocycles. The summed E-state index contributed by atoms with van der Waals surface area (Å²) in [6.07, 6.45) is 5.30. The number of aryl methyl sites for hydroxylation is 1. The molecule has 2 bridgehead atoms. The molecule has 4 atom stereocenters. The number of methoxy groups -OCH3 is 1. The van der Waals surface area contributed by atoms with E-state index in [4.69, 9.17) is 9.47 Å². The lowest BCUT2D eigenvalue weighted by atomic mass is 9.76. The van der Waals surface area contributed by atoms with Crippen LogP contribution in [0.25, 0.3) is 0 Å². The maximum atomic E-state index is 13.1. The van der Waals surface area contributed by atoms with Crippen molar-refractivity contribution in [2.24, 2.45) is 11.8 Å². The van der Waals surface area contributed by atoms with Gasteiger partial charge < -0.3 is 24.3 Å². The smallest absolute Gasteiger partial charge is 0.230 e. The maximum Gasteiger partial charge on any atom is 0.230 e. The van der Waals surface area contributed by atoms with Gasteiger partial charge in [0, 0.05) is 32.6 Å². The molecule has 140 valence electrons. The predicted molar refractivity (Wildman–Crippen MR) is 92.0 cm³/mol. The Balaban J connectivity index is 1.52. The second kappa shape index (κ2) is 6.21. The zero-order valence-electron chi connectivity index (χ0n) is 15.3. The van der Waals surface area contributed by atoms with Crippen LogP contribution in [0.1, 0.15) is 11.5 Å². The molecule has 3 aliphatic heterocycles. The molecule has 4 heterocycles. The molecule has 8 heteroatoms. The average molecular weight is 360 g/mol. The van der Waals surface area contributed by atoms with Gasteiger partial charge in [0.25, 0.3) is 0 Å². The summed E-state index contributed by atoms with van der Waals surface area (Å²) < 4.78 is 11.2. The van der Waals surface area contributed by atoms with Crippen molar-refractivity contribution in [3.8, 4) is 0 Å². The number of rotatable bonds is 6. The summed E-state index contributed by atoms with van der Waals surface area (Å²) in [4.78, 5) is 36.8. The summed E-state index contributed by atoms with van der Waals surface area (Å²) in [6, 6.07) is 0. The van der Waals surface area contributed by atoms with Crippen molar-refractivity contribution in [3.05, 3.63) is 29.9 Å². The van der Waals surface area contributed by atoms with Crippen LogP contribution >= 0.6 is 0 Å². The molecule has 2 amide bonds. The second-order valence-electron chi connectivity index (χ2n) is 7.36. The van der Waals surface area contributed by atoms with Gasteiger partial charge in [0.1, 0.15) is 11.4 Å².